The SMILES string of the molecule is Cc1ccc(-c2ccc(C#N)cc2N)o1. The number of hydrogen-bond donors (Lipinski definition) is 1. The van der Waals surface area contributed by atoms with E-state index in [0.29, 0.717) is 11.3 Å². The molecule has 2 rings (SSSR count). The molecule has 0 aliphatic carbocycles. The summed E-state index contributed by atoms with van der Waals surface area (Å²) in [6.45, 7) is 1.88. The Morgan fingerprint density at radius 2 is 2.07 bits per heavy atom. The van der Waals surface area contributed by atoms with Gasteiger partial charge in [-0.05, 0) is 37.3 Å². The van der Waals surface area contributed by atoms with Gasteiger partial charge in [0.25, 0.3) is 0 Å². The Balaban J connectivity index is 2.51. The molecule has 1 heterocycles. The number of nitrogens with zero attached hydrogens (tertiary/aromatic N) is 1. The van der Waals surface area contributed by atoms with E-state index in [-0.39, 0.29) is 0 Å². The van der Waals surface area contributed by atoms with Crippen LogP contribution in [0, 0.1) is 18.3 Å². The zero-order valence-electron chi connectivity index (χ0n) is 8.32. The third kappa shape index (κ3) is 1.70. The third-order valence-corrected chi connectivity index (χ3v) is 2.19. The summed E-state index contributed by atoms with van der Waals surface area (Å²) in [6.07, 6.45) is 0. The average Bonchev–Trinajstić information content (AvgIpc) is 2.64. The monoisotopic (exact) mass is 198 g/mol. The van der Waals surface area contributed by atoms with Crippen LogP contribution in [0.1, 0.15) is 11.3 Å². The lowest BCUT2D eigenvalue weighted by molar-refractivity contribution is 0.548. The molecule has 3 nitrogen and oxygen atoms in total. The molecule has 2 aromatic rings. The van der Waals surface area contributed by atoms with Crippen LogP contribution in [-0.4, -0.2) is 0 Å². The van der Waals surface area contributed by atoms with Gasteiger partial charge in [0.15, 0.2) is 0 Å². The van der Waals surface area contributed by atoms with Crippen LogP contribution in [0.2, 0.25) is 0 Å². The Hall–Kier alpha value is -2.21. The van der Waals surface area contributed by atoms with E-state index in [1.54, 1.807) is 18.2 Å². The first-order valence-electron chi connectivity index (χ1n) is 4.57. The van der Waals surface area contributed by atoms with Gasteiger partial charge in [0.2, 0.25) is 0 Å². The molecule has 0 saturated heterocycles. The number of benzene rings is 1. The van der Waals surface area contributed by atoms with Gasteiger partial charge in [-0.25, -0.2) is 0 Å². The van der Waals surface area contributed by atoms with E-state index in [2.05, 4.69) is 0 Å². The normalized spacial score (nSPS) is 9.87. The number of anilines is 1. The summed E-state index contributed by atoms with van der Waals surface area (Å²) >= 11 is 0. The number of nitrogen functional groups attached to an aromatic ring is 1. The van der Waals surface area contributed by atoms with Crippen molar-refractivity contribution in [3.8, 4) is 17.4 Å². The van der Waals surface area contributed by atoms with Crippen molar-refractivity contribution >= 4 is 5.69 Å². The van der Waals surface area contributed by atoms with Crippen molar-refractivity contribution in [2.75, 3.05) is 5.73 Å². The van der Waals surface area contributed by atoms with E-state index >= 15 is 0 Å². The molecule has 74 valence electrons. The van der Waals surface area contributed by atoms with E-state index in [4.69, 9.17) is 15.4 Å². The fourth-order valence-electron chi connectivity index (χ4n) is 1.44. The number of nitrogens with two attached hydrogens (primary N) is 1. The summed E-state index contributed by atoms with van der Waals surface area (Å²) < 4.78 is 5.46. The molecule has 0 spiro atoms. The first-order valence-corrected chi connectivity index (χ1v) is 4.57. The lowest BCUT2D eigenvalue weighted by Crippen LogP contribution is -1.90. The maximum absolute atomic E-state index is 8.70. The van der Waals surface area contributed by atoms with Crippen molar-refractivity contribution in [2.45, 2.75) is 6.92 Å². The van der Waals surface area contributed by atoms with E-state index in [1.807, 2.05) is 25.1 Å². The Labute approximate surface area is 87.7 Å². The van der Waals surface area contributed by atoms with Gasteiger partial charge < -0.3 is 10.2 Å². The quantitative estimate of drug-likeness (QED) is 0.716. The highest BCUT2D eigenvalue weighted by molar-refractivity contribution is 5.74. The second-order valence-corrected chi connectivity index (χ2v) is 3.32. The van der Waals surface area contributed by atoms with Crippen molar-refractivity contribution in [3.05, 3.63) is 41.7 Å². The molecule has 0 aliphatic rings. The summed E-state index contributed by atoms with van der Waals surface area (Å²) in [5.74, 6) is 1.57. The average molecular weight is 198 g/mol. The molecule has 0 aliphatic heterocycles. The van der Waals surface area contributed by atoms with E-state index in [0.717, 1.165) is 17.1 Å². The summed E-state index contributed by atoms with van der Waals surface area (Å²) in [6, 6.07) is 11.0. The van der Waals surface area contributed by atoms with Crippen LogP contribution in [0.4, 0.5) is 5.69 Å². The van der Waals surface area contributed by atoms with Gasteiger partial charge >= 0.3 is 0 Å². The van der Waals surface area contributed by atoms with Crippen LogP contribution in [0.25, 0.3) is 11.3 Å². The molecule has 0 fully saturated rings. The highest BCUT2D eigenvalue weighted by Gasteiger charge is 2.06. The summed E-state index contributed by atoms with van der Waals surface area (Å²) in [7, 11) is 0. The Bertz CT molecular complexity index is 535. The zero-order chi connectivity index (χ0) is 10.8. The molecule has 1 aromatic carbocycles. The van der Waals surface area contributed by atoms with Crippen LogP contribution in [0.3, 0.4) is 0 Å². The van der Waals surface area contributed by atoms with Gasteiger partial charge in [-0.15, -0.1) is 0 Å². The number of nitriles is 1. The van der Waals surface area contributed by atoms with Crippen molar-refractivity contribution in [3.63, 3.8) is 0 Å². The molecule has 15 heavy (non-hydrogen) atoms. The fourth-order valence-corrected chi connectivity index (χ4v) is 1.44. The first-order chi connectivity index (χ1) is 7.20. The number of hydrogen-bond acceptors (Lipinski definition) is 3. The van der Waals surface area contributed by atoms with Crippen molar-refractivity contribution < 1.29 is 4.42 Å². The molecule has 0 atom stereocenters. The molecule has 0 unspecified atom stereocenters. The van der Waals surface area contributed by atoms with Crippen LogP contribution in [-0.2, 0) is 0 Å². The fraction of sp³-hybridized carbons (Fsp3) is 0.0833. The highest BCUT2D eigenvalue weighted by atomic mass is 16.3. The molecular weight excluding hydrogens is 188 g/mol. The Morgan fingerprint density at radius 1 is 1.27 bits per heavy atom. The minimum absolute atomic E-state index is 0.555. The first kappa shape index (κ1) is 9.35. The van der Waals surface area contributed by atoms with Crippen LogP contribution < -0.4 is 5.73 Å². The zero-order valence-corrected chi connectivity index (χ0v) is 8.32. The number of rotatable bonds is 1. The van der Waals surface area contributed by atoms with Crippen LogP contribution in [0.15, 0.2) is 34.7 Å². The van der Waals surface area contributed by atoms with Crippen molar-refractivity contribution in [1.82, 2.24) is 0 Å². The molecule has 2 N–H and O–H groups in total. The number of furan rings is 1. The van der Waals surface area contributed by atoms with Gasteiger partial charge in [-0.2, -0.15) is 5.26 Å². The van der Waals surface area contributed by atoms with Crippen molar-refractivity contribution in [2.24, 2.45) is 0 Å². The smallest absolute Gasteiger partial charge is 0.136 e. The van der Waals surface area contributed by atoms with Gasteiger partial charge in [0.05, 0.1) is 11.6 Å². The third-order valence-electron chi connectivity index (χ3n) is 2.19. The Kier molecular flexibility index (Phi) is 2.18. The largest absolute Gasteiger partial charge is 0.461 e. The van der Waals surface area contributed by atoms with Crippen molar-refractivity contribution in [1.29, 1.82) is 5.26 Å². The summed E-state index contributed by atoms with van der Waals surface area (Å²) in [4.78, 5) is 0. The lowest BCUT2D eigenvalue weighted by atomic mass is 10.1. The van der Waals surface area contributed by atoms with Gasteiger partial charge in [-0.3, -0.25) is 0 Å². The molecule has 1 aromatic heterocycles. The summed E-state index contributed by atoms with van der Waals surface area (Å²) in [5.41, 5.74) is 7.76. The maximum atomic E-state index is 8.70. The van der Waals surface area contributed by atoms with Crippen LogP contribution >= 0.6 is 0 Å². The molecule has 0 amide bonds. The second-order valence-electron chi connectivity index (χ2n) is 3.32. The van der Waals surface area contributed by atoms with E-state index in [9.17, 15) is 0 Å². The van der Waals surface area contributed by atoms with Gasteiger partial charge in [-0.1, -0.05) is 0 Å². The Morgan fingerprint density at radius 3 is 2.60 bits per heavy atom. The maximum Gasteiger partial charge on any atom is 0.136 e. The molecule has 3 heteroatoms. The topological polar surface area (TPSA) is 63.0 Å². The summed E-state index contributed by atoms with van der Waals surface area (Å²) in [5, 5.41) is 8.70. The molecule has 0 bridgehead atoms. The predicted molar refractivity (Wildman–Crippen MR) is 58.0 cm³/mol. The highest BCUT2D eigenvalue weighted by Crippen LogP contribution is 2.28. The van der Waals surface area contributed by atoms with E-state index in [1.165, 1.54) is 0 Å². The predicted octanol–water partition coefficient (Wildman–Crippen LogP) is 2.71. The van der Waals surface area contributed by atoms with E-state index < -0.39 is 0 Å². The number of aryl methyl sites for hydroxylation is 1. The lowest BCUT2D eigenvalue weighted by Gasteiger charge is -2.02. The minimum Gasteiger partial charge on any atom is -0.461 e. The second kappa shape index (κ2) is 3.50. The van der Waals surface area contributed by atoms with Crippen LogP contribution in [0.5, 0.6) is 0 Å². The molecule has 0 saturated carbocycles. The van der Waals surface area contributed by atoms with Gasteiger partial charge in [0.1, 0.15) is 11.5 Å². The minimum atomic E-state index is 0.555. The standard InChI is InChI=1S/C12H10N2O/c1-8-2-5-12(15-8)10-4-3-9(7-13)6-11(10)14/h2-6H,14H2,1H3. The molecule has 0 radical (unpaired) electrons. The van der Waals surface area contributed by atoms with Gasteiger partial charge in [0, 0.05) is 11.3 Å². The molecular formula is C12H10N2O.